The third-order valence-electron chi connectivity index (χ3n) is 5.95. The van der Waals surface area contributed by atoms with E-state index in [9.17, 15) is 4.79 Å². The van der Waals surface area contributed by atoms with Crippen molar-refractivity contribution in [1.29, 1.82) is 0 Å². The molecule has 26 heavy (non-hydrogen) atoms. The van der Waals surface area contributed by atoms with E-state index in [1.165, 1.54) is 16.3 Å². The molecule has 1 spiro atoms. The third kappa shape index (κ3) is 2.16. The summed E-state index contributed by atoms with van der Waals surface area (Å²) in [6.07, 6.45) is 2.66. The Bertz CT molecular complexity index is 1030. The summed E-state index contributed by atoms with van der Waals surface area (Å²) >= 11 is 0. The lowest BCUT2D eigenvalue weighted by atomic mass is 9.73. The fourth-order valence-corrected chi connectivity index (χ4v) is 4.66. The molecule has 0 N–H and O–H groups in total. The number of fused-ring (bicyclic) bond motifs is 2. The molecule has 0 aromatic heterocycles. The first-order valence-corrected chi connectivity index (χ1v) is 9.29. The van der Waals surface area contributed by atoms with Crippen LogP contribution in [-0.2, 0) is 6.42 Å². The normalized spacial score (nSPS) is 24.8. The predicted octanol–water partition coefficient (Wildman–Crippen LogP) is 5.35. The van der Waals surface area contributed by atoms with E-state index in [2.05, 4.69) is 58.8 Å². The maximum absolute atomic E-state index is 13.6. The maximum Gasteiger partial charge on any atom is 0.193 e. The molecule has 0 radical (unpaired) electrons. The van der Waals surface area contributed by atoms with Crippen molar-refractivity contribution in [3.8, 4) is 0 Å². The van der Waals surface area contributed by atoms with Gasteiger partial charge in [0.15, 0.2) is 11.3 Å². The van der Waals surface area contributed by atoms with Crippen LogP contribution >= 0.6 is 0 Å². The van der Waals surface area contributed by atoms with Gasteiger partial charge in [0.2, 0.25) is 0 Å². The van der Waals surface area contributed by atoms with Crippen molar-refractivity contribution in [2.45, 2.75) is 30.7 Å². The van der Waals surface area contributed by atoms with Gasteiger partial charge >= 0.3 is 0 Å². The van der Waals surface area contributed by atoms with Crippen molar-refractivity contribution in [1.82, 2.24) is 0 Å². The molecule has 0 saturated heterocycles. The van der Waals surface area contributed by atoms with E-state index in [0.717, 1.165) is 30.4 Å². The van der Waals surface area contributed by atoms with Crippen LogP contribution in [0.4, 0.5) is 0 Å². The molecule has 2 atom stereocenters. The minimum Gasteiger partial charge on any atom is -0.291 e. The van der Waals surface area contributed by atoms with Gasteiger partial charge in [-0.05, 0) is 41.2 Å². The van der Waals surface area contributed by atoms with Gasteiger partial charge in [0, 0.05) is 11.5 Å². The molecule has 3 nitrogen and oxygen atoms in total. The largest absolute Gasteiger partial charge is 0.291 e. The first-order valence-electron chi connectivity index (χ1n) is 9.29. The molecular formula is C23H20N2O. The zero-order chi connectivity index (χ0) is 17.6. The average Bonchev–Trinajstić information content (AvgIpc) is 3.06. The molecule has 0 unspecified atom stereocenters. The average molecular weight is 340 g/mol. The third-order valence-corrected chi connectivity index (χ3v) is 5.95. The van der Waals surface area contributed by atoms with E-state index in [4.69, 9.17) is 0 Å². The van der Waals surface area contributed by atoms with E-state index in [1.54, 1.807) is 0 Å². The minimum atomic E-state index is -0.753. The number of ketones is 1. The molecule has 3 aromatic rings. The molecule has 1 aliphatic heterocycles. The number of hydrogen-bond donors (Lipinski definition) is 0. The smallest absolute Gasteiger partial charge is 0.193 e. The number of aryl methyl sites for hydroxylation is 1. The molecule has 1 heterocycles. The van der Waals surface area contributed by atoms with Crippen LogP contribution in [0.2, 0.25) is 0 Å². The molecule has 2 aliphatic rings. The van der Waals surface area contributed by atoms with Crippen molar-refractivity contribution in [3.63, 3.8) is 0 Å². The van der Waals surface area contributed by atoms with Crippen molar-refractivity contribution in [3.05, 3.63) is 83.4 Å². The molecule has 0 amide bonds. The summed E-state index contributed by atoms with van der Waals surface area (Å²) in [5, 5.41) is 11.4. The topological polar surface area (TPSA) is 41.8 Å². The summed E-state index contributed by atoms with van der Waals surface area (Å²) in [5.74, 6) is 0.150. The minimum absolute atomic E-state index is 0.00672. The van der Waals surface area contributed by atoms with Crippen LogP contribution < -0.4 is 0 Å². The second-order valence-electron chi connectivity index (χ2n) is 7.31. The quantitative estimate of drug-likeness (QED) is 0.589. The predicted molar refractivity (Wildman–Crippen MR) is 103 cm³/mol. The van der Waals surface area contributed by atoms with E-state index in [0.29, 0.717) is 6.54 Å². The number of hydrogen-bond acceptors (Lipinski definition) is 3. The fraction of sp³-hybridized carbons (Fsp3) is 0.261. The highest BCUT2D eigenvalue weighted by atomic mass is 16.1. The van der Waals surface area contributed by atoms with Crippen LogP contribution in [0.1, 0.15) is 40.2 Å². The highest BCUT2D eigenvalue weighted by molar-refractivity contribution is 6.06. The Morgan fingerprint density at radius 1 is 0.923 bits per heavy atom. The Balaban J connectivity index is 1.68. The molecule has 0 saturated carbocycles. The molecule has 1 aliphatic carbocycles. The van der Waals surface area contributed by atoms with Gasteiger partial charge in [0.05, 0.1) is 6.54 Å². The van der Waals surface area contributed by atoms with E-state index in [-0.39, 0.29) is 11.7 Å². The Labute approximate surface area is 152 Å². The van der Waals surface area contributed by atoms with Crippen LogP contribution in [-0.4, -0.2) is 17.9 Å². The number of rotatable bonds is 1. The Kier molecular flexibility index (Phi) is 3.49. The summed E-state index contributed by atoms with van der Waals surface area (Å²) in [4.78, 5) is 13.6. The van der Waals surface area contributed by atoms with Gasteiger partial charge in [-0.2, -0.15) is 10.2 Å². The second-order valence-corrected chi connectivity index (χ2v) is 7.31. The lowest BCUT2D eigenvalue weighted by molar-refractivity contribution is 0.0870. The van der Waals surface area contributed by atoms with Gasteiger partial charge in [0.25, 0.3) is 0 Å². The van der Waals surface area contributed by atoms with Gasteiger partial charge in [0.1, 0.15) is 0 Å². The standard InChI is InChI=1S/C23H20N2O/c26-22-19-12-4-2-8-17(19)10-6-14-23(22)21(15-24-25-23)20-13-5-9-16-7-1-3-11-18(16)20/h1-5,7-9,11-13,21H,6,10,14-15H2/t21-,23+/m1/s1. The summed E-state index contributed by atoms with van der Waals surface area (Å²) in [5.41, 5.74) is 2.42. The number of carbonyl (C=O) groups is 1. The Morgan fingerprint density at radius 2 is 1.73 bits per heavy atom. The number of azo groups is 1. The molecule has 5 rings (SSSR count). The summed E-state index contributed by atoms with van der Waals surface area (Å²) in [7, 11) is 0. The zero-order valence-corrected chi connectivity index (χ0v) is 14.6. The van der Waals surface area contributed by atoms with Gasteiger partial charge in [-0.3, -0.25) is 4.79 Å². The monoisotopic (exact) mass is 340 g/mol. The molecule has 0 fully saturated rings. The molecular weight excluding hydrogens is 320 g/mol. The molecule has 3 heteroatoms. The summed E-state index contributed by atoms with van der Waals surface area (Å²) < 4.78 is 0. The highest BCUT2D eigenvalue weighted by Crippen LogP contribution is 2.46. The lowest BCUT2D eigenvalue weighted by Crippen LogP contribution is -2.41. The van der Waals surface area contributed by atoms with Crippen LogP contribution in [0, 0.1) is 0 Å². The first kappa shape index (κ1) is 15.4. The maximum atomic E-state index is 13.6. The second kappa shape index (κ2) is 5.87. The SMILES string of the molecule is O=C1c2ccccc2CCC[C@@]12N=NC[C@@H]2c1cccc2ccccc12. The highest BCUT2D eigenvalue weighted by Gasteiger charge is 2.51. The van der Waals surface area contributed by atoms with Crippen molar-refractivity contribution in [2.24, 2.45) is 10.2 Å². The number of carbonyl (C=O) groups excluding carboxylic acids is 1. The van der Waals surface area contributed by atoms with E-state index >= 15 is 0 Å². The van der Waals surface area contributed by atoms with Crippen molar-refractivity contribution in [2.75, 3.05) is 6.54 Å². The fourth-order valence-electron chi connectivity index (χ4n) is 4.66. The van der Waals surface area contributed by atoms with Crippen molar-refractivity contribution >= 4 is 16.6 Å². The molecule has 128 valence electrons. The van der Waals surface area contributed by atoms with Crippen LogP contribution in [0.25, 0.3) is 10.8 Å². The number of Topliss-reactive ketones (excluding diaryl/α,β-unsaturated/α-hetero) is 1. The van der Waals surface area contributed by atoms with Gasteiger partial charge in [-0.1, -0.05) is 66.7 Å². The van der Waals surface area contributed by atoms with E-state index in [1.807, 2.05) is 18.2 Å². The van der Waals surface area contributed by atoms with E-state index < -0.39 is 5.54 Å². The Hall–Kier alpha value is -2.81. The molecule has 3 aromatic carbocycles. The van der Waals surface area contributed by atoms with Crippen LogP contribution in [0.5, 0.6) is 0 Å². The lowest BCUT2D eigenvalue weighted by Gasteiger charge is -2.30. The van der Waals surface area contributed by atoms with Crippen molar-refractivity contribution < 1.29 is 4.79 Å². The van der Waals surface area contributed by atoms with Gasteiger partial charge in [-0.25, -0.2) is 0 Å². The zero-order valence-electron chi connectivity index (χ0n) is 14.6. The Morgan fingerprint density at radius 3 is 2.69 bits per heavy atom. The summed E-state index contributed by atoms with van der Waals surface area (Å²) in [6, 6.07) is 22.7. The number of benzene rings is 3. The number of nitrogens with zero attached hydrogens (tertiary/aromatic N) is 2. The van der Waals surface area contributed by atoms with Gasteiger partial charge in [-0.15, -0.1) is 0 Å². The molecule has 0 bridgehead atoms. The first-order chi connectivity index (χ1) is 12.8. The van der Waals surface area contributed by atoms with Crippen LogP contribution in [0.15, 0.2) is 77.0 Å². The summed E-state index contributed by atoms with van der Waals surface area (Å²) in [6.45, 7) is 0.585. The van der Waals surface area contributed by atoms with Gasteiger partial charge < -0.3 is 0 Å². The van der Waals surface area contributed by atoms with Crippen LogP contribution in [0.3, 0.4) is 0 Å².